The van der Waals surface area contributed by atoms with E-state index in [1.807, 2.05) is 6.07 Å². The van der Waals surface area contributed by atoms with Gasteiger partial charge in [-0.25, -0.2) is 0 Å². The fourth-order valence-corrected chi connectivity index (χ4v) is 2.57. The van der Waals surface area contributed by atoms with Crippen LogP contribution in [0.4, 0.5) is 0 Å². The molecule has 0 aliphatic rings. The first-order valence-electron chi connectivity index (χ1n) is 9.75. The zero-order valence-electron chi connectivity index (χ0n) is 18.7. The molecule has 0 heterocycles. The van der Waals surface area contributed by atoms with Gasteiger partial charge >= 0.3 is 11.9 Å². The van der Waals surface area contributed by atoms with Gasteiger partial charge in [-0.1, -0.05) is 6.07 Å². The SMILES string of the molecule is CC(C)(C)OC(=O)CN(CC(=O)OC(C)(C)C)Cc1ccc(C#N)cc1OCCO. The van der Waals surface area contributed by atoms with E-state index in [0.29, 0.717) is 16.9 Å². The maximum atomic E-state index is 12.4. The van der Waals surface area contributed by atoms with Crippen LogP contribution in [0.2, 0.25) is 0 Å². The lowest BCUT2D eigenvalue weighted by Gasteiger charge is -2.27. The lowest BCUT2D eigenvalue weighted by Crippen LogP contribution is -2.39. The molecule has 0 radical (unpaired) electrons. The van der Waals surface area contributed by atoms with E-state index in [1.54, 1.807) is 64.6 Å². The van der Waals surface area contributed by atoms with Gasteiger partial charge in [-0.2, -0.15) is 5.26 Å². The number of hydrogen-bond acceptors (Lipinski definition) is 8. The summed E-state index contributed by atoms with van der Waals surface area (Å²) >= 11 is 0. The minimum atomic E-state index is -0.654. The average Bonchev–Trinajstić information content (AvgIpc) is 2.57. The van der Waals surface area contributed by atoms with E-state index in [0.717, 1.165) is 0 Å². The van der Waals surface area contributed by atoms with Crippen molar-refractivity contribution in [3.8, 4) is 11.8 Å². The Morgan fingerprint density at radius 3 is 2.00 bits per heavy atom. The van der Waals surface area contributed by atoms with Crippen molar-refractivity contribution in [2.45, 2.75) is 59.3 Å². The normalized spacial score (nSPS) is 11.7. The van der Waals surface area contributed by atoms with Crippen LogP contribution in [0.25, 0.3) is 0 Å². The lowest BCUT2D eigenvalue weighted by molar-refractivity contribution is -0.160. The summed E-state index contributed by atoms with van der Waals surface area (Å²) in [5, 5.41) is 18.2. The average molecular weight is 421 g/mol. The predicted octanol–water partition coefficient (Wildman–Crippen LogP) is 2.41. The molecule has 0 aliphatic carbocycles. The van der Waals surface area contributed by atoms with Gasteiger partial charge in [0.05, 0.1) is 31.3 Å². The van der Waals surface area contributed by atoms with Gasteiger partial charge in [-0.3, -0.25) is 14.5 Å². The Bertz CT molecular complexity index is 741. The maximum Gasteiger partial charge on any atom is 0.320 e. The van der Waals surface area contributed by atoms with Crippen molar-refractivity contribution in [2.24, 2.45) is 0 Å². The summed E-state index contributed by atoms with van der Waals surface area (Å²) < 4.78 is 16.3. The molecule has 0 aromatic heterocycles. The van der Waals surface area contributed by atoms with E-state index in [1.165, 1.54) is 0 Å². The third kappa shape index (κ3) is 10.2. The predicted molar refractivity (Wildman–Crippen MR) is 111 cm³/mol. The largest absolute Gasteiger partial charge is 0.491 e. The van der Waals surface area contributed by atoms with Gasteiger partial charge in [0.2, 0.25) is 0 Å². The molecule has 0 saturated heterocycles. The summed E-state index contributed by atoms with van der Waals surface area (Å²) in [4.78, 5) is 26.3. The minimum absolute atomic E-state index is 0.0556. The first-order valence-corrected chi connectivity index (χ1v) is 9.75. The van der Waals surface area contributed by atoms with Crippen molar-refractivity contribution >= 4 is 11.9 Å². The van der Waals surface area contributed by atoms with Gasteiger partial charge < -0.3 is 19.3 Å². The van der Waals surface area contributed by atoms with Crippen molar-refractivity contribution in [3.63, 3.8) is 0 Å². The monoisotopic (exact) mass is 420 g/mol. The van der Waals surface area contributed by atoms with Gasteiger partial charge in [0.15, 0.2) is 0 Å². The second-order valence-electron chi connectivity index (χ2n) is 8.82. The standard InChI is InChI=1S/C22H32N2O6/c1-21(2,3)29-19(26)14-24(15-20(27)30-22(4,5)6)13-17-8-7-16(12-23)11-18(17)28-10-9-25/h7-8,11,25H,9-10,13-15H2,1-6H3. The number of carbonyl (C=O) groups excluding carboxylic acids is 2. The van der Waals surface area contributed by atoms with Crippen molar-refractivity contribution in [2.75, 3.05) is 26.3 Å². The fourth-order valence-electron chi connectivity index (χ4n) is 2.57. The molecule has 1 aromatic carbocycles. The van der Waals surface area contributed by atoms with Crippen molar-refractivity contribution in [3.05, 3.63) is 29.3 Å². The minimum Gasteiger partial charge on any atom is -0.491 e. The molecule has 166 valence electrons. The zero-order chi connectivity index (χ0) is 22.9. The highest BCUT2D eigenvalue weighted by atomic mass is 16.6. The van der Waals surface area contributed by atoms with Crippen LogP contribution in [0.15, 0.2) is 18.2 Å². The topological polar surface area (TPSA) is 109 Å². The Hall–Kier alpha value is -2.63. The summed E-state index contributed by atoms with van der Waals surface area (Å²) in [7, 11) is 0. The number of hydrogen-bond donors (Lipinski definition) is 1. The summed E-state index contributed by atoms with van der Waals surface area (Å²) in [5.41, 5.74) is -0.246. The van der Waals surface area contributed by atoms with Crippen LogP contribution in [0, 0.1) is 11.3 Å². The van der Waals surface area contributed by atoms with Crippen LogP contribution in [-0.2, 0) is 25.6 Å². The van der Waals surface area contributed by atoms with E-state index in [-0.39, 0.29) is 32.8 Å². The quantitative estimate of drug-likeness (QED) is 0.607. The molecule has 0 atom stereocenters. The van der Waals surface area contributed by atoms with Crippen LogP contribution in [0.3, 0.4) is 0 Å². The first-order chi connectivity index (χ1) is 13.8. The number of carbonyl (C=O) groups is 2. The molecule has 0 amide bonds. The summed E-state index contributed by atoms with van der Waals surface area (Å²) in [6, 6.07) is 6.92. The van der Waals surface area contributed by atoms with Gasteiger partial charge in [-0.15, -0.1) is 0 Å². The lowest BCUT2D eigenvalue weighted by atomic mass is 10.1. The highest BCUT2D eigenvalue weighted by molar-refractivity contribution is 5.75. The van der Waals surface area contributed by atoms with E-state index < -0.39 is 23.1 Å². The van der Waals surface area contributed by atoms with Crippen LogP contribution in [0.5, 0.6) is 5.75 Å². The molecule has 30 heavy (non-hydrogen) atoms. The number of nitriles is 1. The van der Waals surface area contributed by atoms with Gasteiger partial charge in [-0.05, 0) is 53.7 Å². The number of benzene rings is 1. The van der Waals surface area contributed by atoms with Gasteiger partial charge in [0.25, 0.3) is 0 Å². The maximum absolute atomic E-state index is 12.4. The van der Waals surface area contributed by atoms with Gasteiger partial charge in [0.1, 0.15) is 23.6 Å². The Labute approximate surface area is 178 Å². The number of aliphatic hydroxyl groups is 1. The highest BCUT2D eigenvalue weighted by Crippen LogP contribution is 2.23. The Balaban J connectivity index is 3.07. The molecule has 1 rings (SSSR count). The number of ether oxygens (including phenoxy) is 3. The molecule has 1 N–H and O–H groups in total. The van der Waals surface area contributed by atoms with Crippen LogP contribution >= 0.6 is 0 Å². The third-order valence-corrected chi connectivity index (χ3v) is 3.48. The van der Waals surface area contributed by atoms with E-state index in [4.69, 9.17) is 24.6 Å². The molecule has 8 heteroatoms. The van der Waals surface area contributed by atoms with E-state index in [2.05, 4.69) is 0 Å². The molecular formula is C22H32N2O6. The first kappa shape index (κ1) is 25.4. The molecule has 1 aromatic rings. The number of esters is 2. The van der Waals surface area contributed by atoms with Crippen molar-refractivity contribution < 1.29 is 28.9 Å². The van der Waals surface area contributed by atoms with Crippen LogP contribution < -0.4 is 4.74 Å². The molecule has 0 spiro atoms. The second kappa shape index (κ2) is 11.0. The summed E-state index contributed by atoms with van der Waals surface area (Å²) in [6.07, 6.45) is 0. The van der Waals surface area contributed by atoms with E-state index >= 15 is 0 Å². The molecule has 8 nitrogen and oxygen atoms in total. The van der Waals surface area contributed by atoms with Crippen molar-refractivity contribution in [1.29, 1.82) is 5.26 Å². The molecule has 0 saturated carbocycles. The number of nitrogens with zero attached hydrogens (tertiary/aromatic N) is 2. The van der Waals surface area contributed by atoms with Crippen molar-refractivity contribution in [1.82, 2.24) is 4.90 Å². The molecular weight excluding hydrogens is 388 g/mol. The number of aliphatic hydroxyl groups excluding tert-OH is 1. The Kier molecular flexibility index (Phi) is 9.27. The van der Waals surface area contributed by atoms with Crippen LogP contribution in [-0.4, -0.2) is 59.5 Å². The Morgan fingerprint density at radius 2 is 1.57 bits per heavy atom. The Morgan fingerprint density at radius 1 is 1.03 bits per heavy atom. The smallest absolute Gasteiger partial charge is 0.320 e. The van der Waals surface area contributed by atoms with E-state index in [9.17, 15) is 9.59 Å². The zero-order valence-corrected chi connectivity index (χ0v) is 18.7. The summed E-state index contributed by atoms with van der Waals surface area (Å²) in [6.45, 7) is 10.4. The molecule has 0 fully saturated rings. The molecule has 0 aliphatic heterocycles. The molecule has 0 bridgehead atoms. The number of rotatable bonds is 9. The van der Waals surface area contributed by atoms with Crippen LogP contribution in [0.1, 0.15) is 52.7 Å². The summed E-state index contributed by atoms with van der Waals surface area (Å²) in [5.74, 6) is -0.545. The second-order valence-corrected chi connectivity index (χ2v) is 8.82. The molecule has 0 unspecified atom stereocenters. The fraction of sp³-hybridized carbons (Fsp3) is 0.591. The van der Waals surface area contributed by atoms with Gasteiger partial charge in [0, 0.05) is 12.1 Å². The highest BCUT2D eigenvalue weighted by Gasteiger charge is 2.24. The third-order valence-electron chi connectivity index (χ3n) is 3.48.